The number of unbranched alkanes of at least 4 members (excludes halogenated alkanes) is 1. The van der Waals surface area contributed by atoms with Crippen molar-refractivity contribution in [2.45, 2.75) is 37.8 Å². The number of esters is 3. The number of carbonyl (C=O) groups excluding carboxylic acids is 3. The molecule has 3 aromatic rings. The SMILES string of the molecule is C=CC(=O)OCCCCOc1ccc(C(=O)Oc2ccc(C(=O)Oc3ccc(C4CC4)cc3)cc2C(F)(F)F)cc1. The summed E-state index contributed by atoms with van der Waals surface area (Å²) in [7, 11) is 0. The van der Waals surface area contributed by atoms with E-state index < -0.39 is 35.4 Å². The molecule has 0 N–H and O–H groups in total. The van der Waals surface area contributed by atoms with E-state index >= 15 is 0 Å². The molecule has 4 rings (SSSR count). The third kappa shape index (κ3) is 8.44. The zero-order valence-electron chi connectivity index (χ0n) is 21.9. The number of halogens is 3. The zero-order chi connectivity index (χ0) is 29.4. The minimum Gasteiger partial charge on any atom is -0.494 e. The van der Waals surface area contributed by atoms with Crippen molar-refractivity contribution in [1.29, 1.82) is 0 Å². The highest BCUT2D eigenvalue weighted by molar-refractivity contribution is 5.93. The Balaban J connectivity index is 1.35. The summed E-state index contributed by atoms with van der Waals surface area (Å²) >= 11 is 0. The lowest BCUT2D eigenvalue weighted by atomic mass is 10.1. The lowest BCUT2D eigenvalue weighted by Gasteiger charge is -2.14. The second kappa shape index (κ2) is 13.2. The van der Waals surface area contributed by atoms with Gasteiger partial charge in [-0.3, -0.25) is 0 Å². The minimum atomic E-state index is -4.90. The van der Waals surface area contributed by atoms with Gasteiger partial charge in [-0.15, -0.1) is 0 Å². The third-order valence-corrected chi connectivity index (χ3v) is 6.17. The molecule has 1 saturated carbocycles. The number of carbonyl (C=O) groups is 3. The van der Waals surface area contributed by atoms with Crippen LogP contribution in [0.1, 0.15) is 63.4 Å². The molecule has 0 bridgehead atoms. The number of alkyl halides is 3. The number of benzene rings is 3. The second-order valence-corrected chi connectivity index (χ2v) is 9.28. The molecule has 7 nitrogen and oxygen atoms in total. The maximum Gasteiger partial charge on any atom is 0.420 e. The Morgan fingerprint density at radius 1 is 0.805 bits per heavy atom. The maximum atomic E-state index is 13.8. The van der Waals surface area contributed by atoms with E-state index in [9.17, 15) is 27.6 Å². The Hall–Kier alpha value is -4.60. The van der Waals surface area contributed by atoms with Crippen molar-refractivity contribution in [3.63, 3.8) is 0 Å². The smallest absolute Gasteiger partial charge is 0.420 e. The molecule has 1 aliphatic carbocycles. The Bertz CT molecular complexity index is 1390. The first-order valence-corrected chi connectivity index (χ1v) is 12.9. The van der Waals surface area contributed by atoms with Gasteiger partial charge in [-0.2, -0.15) is 13.2 Å². The van der Waals surface area contributed by atoms with Crippen molar-refractivity contribution >= 4 is 17.9 Å². The summed E-state index contributed by atoms with van der Waals surface area (Å²) < 4.78 is 62.1. The summed E-state index contributed by atoms with van der Waals surface area (Å²) in [5, 5.41) is 0. The molecule has 214 valence electrons. The highest BCUT2D eigenvalue weighted by Gasteiger charge is 2.36. The van der Waals surface area contributed by atoms with Crippen LogP contribution < -0.4 is 14.2 Å². The molecule has 0 saturated heterocycles. The molecule has 0 heterocycles. The summed E-state index contributed by atoms with van der Waals surface area (Å²) in [6, 6.07) is 15.2. The predicted octanol–water partition coefficient (Wildman–Crippen LogP) is 6.91. The van der Waals surface area contributed by atoms with Gasteiger partial charge in [0.15, 0.2) is 0 Å². The van der Waals surface area contributed by atoms with E-state index in [0.717, 1.165) is 36.6 Å². The molecule has 1 fully saturated rings. The quantitative estimate of drug-likeness (QED) is 0.102. The number of hydrogen-bond acceptors (Lipinski definition) is 7. The zero-order valence-corrected chi connectivity index (χ0v) is 21.9. The summed E-state index contributed by atoms with van der Waals surface area (Å²) in [4.78, 5) is 36.1. The molecule has 0 atom stereocenters. The van der Waals surface area contributed by atoms with E-state index in [2.05, 4.69) is 6.58 Å². The summed E-state index contributed by atoms with van der Waals surface area (Å²) in [6.45, 7) is 3.86. The van der Waals surface area contributed by atoms with Crippen LogP contribution in [0.3, 0.4) is 0 Å². The largest absolute Gasteiger partial charge is 0.494 e. The second-order valence-electron chi connectivity index (χ2n) is 9.28. The summed E-state index contributed by atoms with van der Waals surface area (Å²) in [5.41, 5.74) is -0.509. The Morgan fingerprint density at radius 2 is 1.41 bits per heavy atom. The van der Waals surface area contributed by atoms with Crippen LogP contribution in [-0.4, -0.2) is 31.1 Å². The minimum absolute atomic E-state index is 0.0000530. The fourth-order valence-corrected chi connectivity index (χ4v) is 3.83. The van der Waals surface area contributed by atoms with E-state index in [1.165, 1.54) is 24.3 Å². The Kier molecular flexibility index (Phi) is 9.44. The lowest BCUT2D eigenvalue weighted by Crippen LogP contribution is -2.16. The summed E-state index contributed by atoms with van der Waals surface area (Å²) in [5.74, 6) is -2.08. The van der Waals surface area contributed by atoms with Gasteiger partial charge in [-0.1, -0.05) is 18.7 Å². The third-order valence-electron chi connectivity index (χ3n) is 6.17. The van der Waals surface area contributed by atoms with Crippen molar-refractivity contribution in [2.75, 3.05) is 13.2 Å². The molecule has 0 unspecified atom stereocenters. The summed E-state index contributed by atoms with van der Waals surface area (Å²) in [6.07, 6.45) is -0.432. The Morgan fingerprint density at radius 3 is 2.05 bits per heavy atom. The number of ether oxygens (including phenoxy) is 4. The van der Waals surface area contributed by atoms with Crippen LogP contribution in [0.5, 0.6) is 17.2 Å². The maximum absolute atomic E-state index is 13.8. The fraction of sp³-hybridized carbons (Fsp3) is 0.258. The molecule has 0 amide bonds. The first kappa shape index (κ1) is 29.4. The predicted molar refractivity (Wildman–Crippen MR) is 142 cm³/mol. The van der Waals surface area contributed by atoms with E-state index in [4.69, 9.17) is 18.9 Å². The van der Waals surface area contributed by atoms with Crippen molar-refractivity contribution < 1.29 is 46.5 Å². The van der Waals surface area contributed by atoms with Crippen LogP contribution in [0.15, 0.2) is 79.4 Å². The average molecular weight is 569 g/mol. The fourth-order valence-electron chi connectivity index (χ4n) is 3.83. The highest BCUT2D eigenvalue weighted by atomic mass is 19.4. The molecule has 0 spiro atoms. The molecule has 10 heteroatoms. The van der Waals surface area contributed by atoms with Crippen LogP contribution >= 0.6 is 0 Å². The van der Waals surface area contributed by atoms with E-state index in [0.29, 0.717) is 37.2 Å². The van der Waals surface area contributed by atoms with Gasteiger partial charge in [0.05, 0.1) is 29.9 Å². The molecule has 3 aromatic carbocycles. The number of rotatable bonds is 12. The van der Waals surface area contributed by atoms with Gasteiger partial charge in [0.1, 0.15) is 17.2 Å². The normalized spacial score (nSPS) is 12.8. The van der Waals surface area contributed by atoms with Crippen molar-refractivity contribution in [2.24, 2.45) is 0 Å². The van der Waals surface area contributed by atoms with Gasteiger partial charge >= 0.3 is 24.1 Å². The van der Waals surface area contributed by atoms with Gasteiger partial charge in [0.25, 0.3) is 0 Å². The lowest BCUT2D eigenvalue weighted by molar-refractivity contribution is -0.139. The van der Waals surface area contributed by atoms with Gasteiger partial charge < -0.3 is 18.9 Å². The standard InChI is InChI=1S/C31H27F3O7/c1-2-28(35)39-18-4-3-17-38-24-12-9-22(10-13-24)29(36)41-27-16-11-23(19-26(27)31(32,33)34)30(37)40-25-14-7-21(8-15-25)20-5-6-20/h2,7-16,19-20H,1,3-6,17-18H2. The highest BCUT2D eigenvalue weighted by Crippen LogP contribution is 2.40. The molecule has 0 aliphatic heterocycles. The van der Waals surface area contributed by atoms with E-state index in [1.54, 1.807) is 12.1 Å². The van der Waals surface area contributed by atoms with Gasteiger partial charge in [-0.05, 0) is 91.8 Å². The van der Waals surface area contributed by atoms with Gasteiger partial charge in [0.2, 0.25) is 0 Å². The Labute approximate surface area is 234 Å². The molecular formula is C31H27F3O7. The van der Waals surface area contributed by atoms with Crippen LogP contribution in [0.2, 0.25) is 0 Å². The monoisotopic (exact) mass is 568 g/mol. The van der Waals surface area contributed by atoms with Crippen LogP contribution in [0.25, 0.3) is 0 Å². The topological polar surface area (TPSA) is 88.1 Å². The molecule has 41 heavy (non-hydrogen) atoms. The van der Waals surface area contributed by atoms with Crippen molar-refractivity contribution in [3.05, 3.63) is 102 Å². The number of hydrogen-bond donors (Lipinski definition) is 0. The molecule has 0 aromatic heterocycles. The van der Waals surface area contributed by atoms with Gasteiger partial charge in [0, 0.05) is 6.08 Å². The van der Waals surface area contributed by atoms with Crippen LogP contribution in [0, 0.1) is 0 Å². The molecular weight excluding hydrogens is 541 g/mol. The molecule has 1 aliphatic rings. The van der Waals surface area contributed by atoms with Crippen molar-refractivity contribution in [3.8, 4) is 17.2 Å². The van der Waals surface area contributed by atoms with E-state index in [1.807, 2.05) is 12.1 Å². The van der Waals surface area contributed by atoms with Crippen LogP contribution in [0.4, 0.5) is 13.2 Å². The molecule has 0 radical (unpaired) electrons. The van der Waals surface area contributed by atoms with E-state index in [-0.39, 0.29) is 23.5 Å². The first-order chi connectivity index (χ1) is 19.6. The average Bonchev–Trinajstić information content (AvgIpc) is 3.81. The van der Waals surface area contributed by atoms with Crippen molar-refractivity contribution in [1.82, 2.24) is 0 Å². The first-order valence-electron chi connectivity index (χ1n) is 12.9. The van der Waals surface area contributed by atoms with Gasteiger partial charge in [-0.25, -0.2) is 14.4 Å². The van der Waals surface area contributed by atoms with Crippen LogP contribution in [-0.2, 0) is 15.7 Å².